The first-order valence-electron chi connectivity index (χ1n) is 7.99. The van der Waals surface area contributed by atoms with Crippen molar-refractivity contribution in [2.75, 3.05) is 25.5 Å². The molecule has 122 valence electrons. The Balaban J connectivity index is 1.80. The molecule has 1 aromatic carbocycles. The average molecular weight is 313 g/mol. The van der Waals surface area contributed by atoms with Gasteiger partial charge in [0, 0.05) is 18.2 Å². The van der Waals surface area contributed by atoms with Gasteiger partial charge in [-0.1, -0.05) is 6.07 Å². The van der Waals surface area contributed by atoms with Crippen LogP contribution >= 0.6 is 0 Å². The van der Waals surface area contributed by atoms with E-state index in [-0.39, 0.29) is 5.75 Å². The normalized spacial score (nSPS) is 18.8. The van der Waals surface area contributed by atoms with E-state index < -0.39 is 0 Å². The molecule has 6 heteroatoms. The molecule has 6 nitrogen and oxygen atoms in total. The number of aryl methyl sites for hydroxylation is 2. The molecule has 1 aliphatic rings. The molecular formula is C17H23N5O. The van der Waals surface area contributed by atoms with Gasteiger partial charge in [-0.05, 0) is 58.0 Å². The van der Waals surface area contributed by atoms with E-state index in [1.807, 2.05) is 26.0 Å². The second kappa shape index (κ2) is 6.50. The van der Waals surface area contributed by atoms with Gasteiger partial charge < -0.3 is 15.3 Å². The third-order valence-corrected chi connectivity index (χ3v) is 4.23. The maximum Gasteiger partial charge on any atom is 0.243 e. The predicted octanol–water partition coefficient (Wildman–Crippen LogP) is 2.37. The molecule has 2 N–H and O–H groups in total. The van der Waals surface area contributed by atoms with Crippen molar-refractivity contribution in [1.82, 2.24) is 20.1 Å². The molecule has 0 aliphatic carbocycles. The van der Waals surface area contributed by atoms with Crippen LogP contribution in [0, 0.1) is 13.8 Å². The fourth-order valence-corrected chi connectivity index (χ4v) is 3.02. The van der Waals surface area contributed by atoms with E-state index in [1.165, 1.54) is 6.42 Å². The molecule has 2 aromatic rings. The van der Waals surface area contributed by atoms with Gasteiger partial charge in [-0.3, -0.25) is 0 Å². The number of phenolic OH excluding ortho intramolecular Hbond substituents is 1. The van der Waals surface area contributed by atoms with Crippen LogP contribution in [0.2, 0.25) is 0 Å². The quantitative estimate of drug-likeness (QED) is 0.906. The SMILES string of the molecule is Cc1ccc(-c2nnc(NC3CCCN(C)C3)nc2C)c(O)c1. The number of likely N-dealkylation sites (tertiary alicyclic amines) is 1. The van der Waals surface area contributed by atoms with Crippen LogP contribution in [0.3, 0.4) is 0 Å². The zero-order chi connectivity index (χ0) is 16.4. The zero-order valence-electron chi connectivity index (χ0n) is 13.9. The fourth-order valence-electron chi connectivity index (χ4n) is 3.02. The average Bonchev–Trinajstić information content (AvgIpc) is 2.48. The molecular weight excluding hydrogens is 290 g/mol. The number of nitrogens with zero attached hydrogens (tertiary/aromatic N) is 4. The van der Waals surface area contributed by atoms with E-state index in [0.717, 1.165) is 30.8 Å². The Morgan fingerprint density at radius 3 is 2.78 bits per heavy atom. The second-order valence-electron chi connectivity index (χ2n) is 6.34. The number of aromatic hydroxyl groups is 1. The van der Waals surface area contributed by atoms with Gasteiger partial charge in [0.05, 0.1) is 5.69 Å². The van der Waals surface area contributed by atoms with E-state index >= 15 is 0 Å². The number of nitrogens with one attached hydrogen (secondary N) is 1. The number of hydrogen-bond donors (Lipinski definition) is 2. The molecule has 0 saturated carbocycles. The highest BCUT2D eigenvalue weighted by molar-refractivity contribution is 5.68. The van der Waals surface area contributed by atoms with Crippen LogP contribution in [0.1, 0.15) is 24.1 Å². The minimum absolute atomic E-state index is 0.207. The standard InChI is InChI=1S/C17H23N5O/c1-11-6-7-14(15(23)9-11)16-12(2)18-17(21-20-16)19-13-5-4-8-22(3)10-13/h6-7,9,13,23H,4-5,8,10H2,1-3H3,(H,18,19,21). The van der Waals surface area contributed by atoms with Crippen molar-refractivity contribution in [3.63, 3.8) is 0 Å². The van der Waals surface area contributed by atoms with E-state index in [9.17, 15) is 5.11 Å². The lowest BCUT2D eigenvalue weighted by atomic mass is 10.1. The Morgan fingerprint density at radius 2 is 2.09 bits per heavy atom. The lowest BCUT2D eigenvalue weighted by Crippen LogP contribution is -2.40. The van der Waals surface area contributed by atoms with Crippen molar-refractivity contribution in [2.45, 2.75) is 32.7 Å². The van der Waals surface area contributed by atoms with Gasteiger partial charge in [-0.25, -0.2) is 4.98 Å². The predicted molar refractivity (Wildman–Crippen MR) is 90.5 cm³/mol. The van der Waals surface area contributed by atoms with Crippen LogP contribution in [-0.4, -0.2) is 51.4 Å². The topological polar surface area (TPSA) is 74.2 Å². The highest BCUT2D eigenvalue weighted by atomic mass is 16.3. The molecule has 0 amide bonds. The van der Waals surface area contributed by atoms with Crippen LogP contribution in [0.4, 0.5) is 5.95 Å². The van der Waals surface area contributed by atoms with Crippen molar-refractivity contribution < 1.29 is 5.11 Å². The summed E-state index contributed by atoms with van der Waals surface area (Å²) in [5.74, 6) is 0.761. The van der Waals surface area contributed by atoms with Crippen LogP contribution in [0.25, 0.3) is 11.3 Å². The molecule has 1 unspecified atom stereocenters. The summed E-state index contributed by atoms with van der Waals surface area (Å²) >= 11 is 0. The first-order chi connectivity index (χ1) is 11.0. The number of phenols is 1. The third-order valence-electron chi connectivity index (χ3n) is 4.23. The van der Waals surface area contributed by atoms with E-state index in [4.69, 9.17) is 0 Å². The molecule has 2 heterocycles. The Labute approximate surface area is 136 Å². The van der Waals surface area contributed by atoms with Gasteiger partial charge in [0.15, 0.2) is 0 Å². The number of aromatic nitrogens is 3. The van der Waals surface area contributed by atoms with Gasteiger partial charge in [0.1, 0.15) is 11.4 Å². The smallest absolute Gasteiger partial charge is 0.243 e. The Morgan fingerprint density at radius 1 is 1.26 bits per heavy atom. The molecule has 0 radical (unpaired) electrons. The summed E-state index contributed by atoms with van der Waals surface area (Å²) in [5, 5.41) is 21.9. The highest BCUT2D eigenvalue weighted by Gasteiger charge is 2.19. The molecule has 1 atom stereocenters. The summed E-state index contributed by atoms with van der Waals surface area (Å²) in [7, 11) is 2.13. The first kappa shape index (κ1) is 15.7. The largest absolute Gasteiger partial charge is 0.507 e. The van der Waals surface area contributed by atoms with Crippen LogP contribution in [-0.2, 0) is 0 Å². The van der Waals surface area contributed by atoms with E-state index in [1.54, 1.807) is 6.07 Å². The maximum atomic E-state index is 10.1. The van der Waals surface area contributed by atoms with Gasteiger partial charge in [-0.15, -0.1) is 10.2 Å². The minimum atomic E-state index is 0.207. The van der Waals surface area contributed by atoms with E-state index in [0.29, 0.717) is 23.2 Å². The summed E-state index contributed by atoms with van der Waals surface area (Å²) in [6.07, 6.45) is 2.29. The van der Waals surface area contributed by atoms with Crippen molar-refractivity contribution in [3.8, 4) is 17.0 Å². The monoisotopic (exact) mass is 313 g/mol. The lowest BCUT2D eigenvalue weighted by Gasteiger charge is -2.30. The highest BCUT2D eigenvalue weighted by Crippen LogP contribution is 2.29. The number of likely N-dealkylation sites (N-methyl/N-ethyl adjacent to an activating group) is 1. The molecule has 0 spiro atoms. The van der Waals surface area contributed by atoms with Crippen molar-refractivity contribution in [3.05, 3.63) is 29.5 Å². The first-order valence-corrected chi connectivity index (χ1v) is 7.99. The van der Waals surface area contributed by atoms with Gasteiger partial charge in [-0.2, -0.15) is 0 Å². The van der Waals surface area contributed by atoms with Gasteiger partial charge >= 0.3 is 0 Å². The van der Waals surface area contributed by atoms with E-state index in [2.05, 4.69) is 32.4 Å². The molecule has 1 aromatic heterocycles. The fraction of sp³-hybridized carbons (Fsp3) is 0.471. The van der Waals surface area contributed by atoms with Gasteiger partial charge in [0.25, 0.3) is 0 Å². The summed E-state index contributed by atoms with van der Waals surface area (Å²) in [5.41, 5.74) is 3.04. The lowest BCUT2D eigenvalue weighted by molar-refractivity contribution is 0.260. The Kier molecular flexibility index (Phi) is 4.43. The minimum Gasteiger partial charge on any atom is -0.507 e. The van der Waals surface area contributed by atoms with Gasteiger partial charge in [0.2, 0.25) is 5.95 Å². The molecule has 1 saturated heterocycles. The summed E-state index contributed by atoms with van der Waals surface area (Å²) in [6, 6.07) is 5.88. The number of anilines is 1. The number of rotatable bonds is 3. The number of benzene rings is 1. The summed E-state index contributed by atoms with van der Waals surface area (Å²) in [4.78, 5) is 6.82. The summed E-state index contributed by atoms with van der Waals surface area (Å²) in [6.45, 7) is 5.96. The molecule has 1 aliphatic heterocycles. The maximum absolute atomic E-state index is 10.1. The zero-order valence-corrected chi connectivity index (χ0v) is 13.9. The van der Waals surface area contributed by atoms with Crippen LogP contribution in [0.15, 0.2) is 18.2 Å². The second-order valence-corrected chi connectivity index (χ2v) is 6.34. The van der Waals surface area contributed by atoms with Crippen LogP contribution < -0.4 is 5.32 Å². The van der Waals surface area contributed by atoms with Crippen molar-refractivity contribution in [1.29, 1.82) is 0 Å². The number of piperidine rings is 1. The molecule has 0 bridgehead atoms. The molecule has 23 heavy (non-hydrogen) atoms. The van der Waals surface area contributed by atoms with Crippen molar-refractivity contribution >= 4 is 5.95 Å². The molecule has 1 fully saturated rings. The third kappa shape index (κ3) is 3.59. The Hall–Kier alpha value is -2.21. The summed E-state index contributed by atoms with van der Waals surface area (Å²) < 4.78 is 0. The Bertz CT molecular complexity index is 703. The number of hydrogen-bond acceptors (Lipinski definition) is 6. The molecule has 3 rings (SSSR count). The van der Waals surface area contributed by atoms with Crippen LogP contribution in [0.5, 0.6) is 5.75 Å². The van der Waals surface area contributed by atoms with Crippen molar-refractivity contribution in [2.24, 2.45) is 0 Å².